The number of nitrogens with one attached hydrogen (secondary N) is 1. The summed E-state index contributed by atoms with van der Waals surface area (Å²) in [6.45, 7) is 1.10. The molecule has 0 atom stereocenters. The van der Waals surface area contributed by atoms with E-state index < -0.39 is 23.4 Å². The highest BCUT2D eigenvalue weighted by atomic mass is 16.6. The predicted octanol–water partition coefficient (Wildman–Crippen LogP) is 4.29. The number of hydrogen-bond donors (Lipinski definition) is 1. The van der Waals surface area contributed by atoms with E-state index in [0.717, 1.165) is 11.1 Å². The molecule has 7 nitrogen and oxygen atoms in total. The first-order valence-corrected chi connectivity index (χ1v) is 9.28. The molecule has 3 rings (SSSR count). The lowest BCUT2D eigenvalue weighted by Crippen LogP contribution is -2.22. The molecule has 0 radical (unpaired) electrons. The van der Waals surface area contributed by atoms with Gasteiger partial charge in [0.05, 0.1) is 10.5 Å². The fourth-order valence-electron chi connectivity index (χ4n) is 3.04. The van der Waals surface area contributed by atoms with Crippen molar-refractivity contribution in [2.75, 3.05) is 11.9 Å². The van der Waals surface area contributed by atoms with Crippen LogP contribution < -0.4 is 5.32 Å². The van der Waals surface area contributed by atoms with Crippen LogP contribution in [0.1, 0.15) is 27.0 Å². The zero-order chi connectivity index (χ0) is 21.5. The molecule has 0 unspecified atom stereocenters. The molecule has 30 heavy (non-hydrogen) atoms. The van der Waals surface area contributed by atoms with E-state index in [0.29, 0.717) is 17.5 Å². The van der Waals surface area contributed by atoms with E-state index in [1.54, 1.807) is 25.1 Å². The first-order valence-electron chi connectivity index (χ1n) is 9.28. The molecule has 0 spiro atoms. The number of rotatable bonds is 7. The molecule has 0 saturated carbocycles. The highest BCUT2D eigenvalue weighted by Gasteiger charge is 2.19. The van der Waals surface area contributed by atoms with Crippen LogP contribution in [0.2, 0.25) is 0 Å². The number of benzene rings is 3. The standard InChI is InChI=1S/C23H20N2O5/c1-16-8-7-13-20(25(28)29)22(16)24-21(26)15-30-23(27)19-12-6-5-11-18(19)14-17-9-3-2-4-10-17/h2-13H,14-15H2,1H3,(H,24,26). The summed E-state index contributed by atoms with van der Waals surface area (Å²) in [5.41, 5.74) is 2.61. The third-order valence-electron chi connectivity index (χ3n) is 4.52. The van der Waals surface area contributed by atoms with Crippen LogP contribution in [0.3, 0.4) is 0 Å². The van der Waals surface area contributed by atoms with Gasteiger partial charge in [-0.25, -0.2) is 4.79 Å². The molecule has 0 aromatic heterocycles. The molecule has 1 N–H and O–H groups in total. The van der Waals surface area contributed by atoms with Gasteiger partial charge in [-0.05, 0) is 36.1 Å². The number of carbonyl (C=O) groups is 2. The molecule has 152 valence electrons. The second kappa shape index (κ2) is 9.47. The van der Waals surface area contributed by atoms with Crippen LogP contribution in [0.5, 0.6) is 0 Å². The maximum absolute atomic E-state index is 12.5. The number of nitrogens with zero attached hydrogens (tertiary/aromatic N) is 1. The average molecular weight is 404 g/mol. The van der Waals surface area contributed by atoms with Gasteiger partial charge in [0.25, 0.3) is 11.6 Å². The predicted molar refractivity (Wildman–Crippen MR) is 112 cm³/mol. The van der Waals surface area contributed by atoms with Crippen LogP contribution in [-0.4, -0.2) is 23.4 Å². The first kappa shape index (κ1) is 20.7. The molecular weight excluding hydrogens is 384 g/mol. The molecule has 0 fully saturated rings. The Morgan fingerprint density at radius 2 is 1.67 bits per heavy atom. The fourth-order valence-corrected chi connectivity index (χ4v) is 3.04. The van der Waals surface area contributed by atoms with E-state index in [1.165, 1.54) is 12.1 Å². The lowest BCUT2D eigenvalue weighted by molar-refractivity contribution is -0.384. The topological polar surface area (TPSA) is 98.5 Å². The Morgan fingerprint density at radius 3 is 2.40 bits per heavy atom. The maximum atomic E-state index is 12.5. The molecular formula is C23H20N2O5. The lowest BCUT2D eigenvalue weighted by atomic mass is 10.00. The van der Waals surface area contributed by atoms with Crippen LogP contribution in [0.25, 0.3) is 0 Å². The molecule has 3 aromatic carbocycles. The normalized spacial score (nSPS) is 10.3. The van der Waals surface area contributed by atoms with E-state index in [-0.39, 0.29) is 11.4 Å². The summed E-state index contributed by atoms with van der Waals surface area (Å²) in [6.07, 6.45) is 0.549. The van der Waals surface area contributed by atoms with Gasteiger partial charge in [0.1, 0.15) is 5.69 Å². The van der Waals surface area contributed by atoms with Gasteiger partial charge < -0.3 is 10.1 Å². The van der Waals surface area contributed by atoms with Gasteiger partial charge >= 0.3 is 5.97 Å². The van der Waals surface area contributed by atoms with Crippen molar-refractivity contribution in [3.05, 3.63) is 105 Å². The Kier molecular flexibility index (Phi) is 6.54. The smallest absolute Gasteiger partial charge is 0.338 e. The van der Waals surface area contributed by atoms with Crippen molar-refractivity contribution in [3.8, 4) is 0 Å². The number of para-hydroxylation sites is 1. The summed E-state index contributed by atoms with van der Waals surface area (Å²) < 4.78 is 5.16. The van der Waals surface area contributed by atoms with Gasteiger partial charge in [-0.15, -0.1) is 0 Å². The summed E-state index contributed by atoms with van der Waals surface area (Å²) >= 11 is 0. The van der Waals surface area contributed by atoms with Gasteiger partial charge in [-0.2, -0.15) is 0 Å². The minimum Gasteiger partial charge on any atom is -0.452 e. The van der Waals surface area contributed by atoms with E-state index in [1.807, 2.05) is 42.5 Å². The molecule has 0 saturated heterocycles. The molecule has 0 heterocycles. The Balaban J connectivity index is 1.67. The lowest BCUT2D eigenvalue weighted by Gasteiger charge is -2.11. The number of nitro groups is 1. The number of nitro benzene ring substituents is 1. The third-order valence-corrected chi connectivity index (χ3v) is 4.52. The van der Waals surface area contributed by atoms with Crippen molar-refractivity contribution < 1.29 is 19.2 Å². The van der Waals surface area contributed by atoms with E-state index in [9.17, 15) is 19.7 Å². The Morgan fingerprint density at radius 1 is 0.967 bits per heavy atom. The van der Waals surface area contributed by atoms with Crippen LogP contribution in [0, 0.1) is 17.0 Å². The number of ether oxygens (including phenoxy) is 1. The van der Waals surface area contributed by atoms with E-state index in [2.05, 4.69) is 5.32 Å². The average Bonchev–Trinajstić information content (AvgIpc) is 2.74. The summed E-state index contributed by atoms with van der Waals surface area (Å²) in [7, 11) is 0. The number of esters is 1. The Hall–Kier alpha value is -4.00. The summed E-state index contributed by atoms with van der Waals surface area (Å²) in [6, 6.07) is 21.2. The number of carbonyl (C=O) groups excluding carboxylic acids is 2. The molecule has 0 aliphatic heterocycles. The minimum atomic E-state index is -0.652. The van der Waals surface area contributed by atoms with E-state index >= 15 is 0 Å². The maximum Gasteiger partial charge on any atom is 0.338 e. The number of hydrogen-bond acceptors (Lipinski definition) is 5. The van der Waals surface area contributed by atoms with Gasteiger partial charge in [-0.3, -0.25) is 14.9 Å². The largest absolute Gasteiger partial charge is 0.452 e. The molecule has 0 aliphatic carbocycles. The summed E-state index contributed by atoms with van der Waals surface area (Å²) in [5.74, 6) is -1.28. The molecule has 7 heteroatoms. The quantitative estimate of drug-likeness (QED) is 0.360. The zero-order valence-corrected chi connectivity index (χ0v) is 16.3. The summed E-state index contributed by atoms with van der Waals surface area (Å²) in [5, 5.41) is 13.6. The highest BCUT2D eigenvalue weighted by Crippen LogP contribution is 2.27. The van der Waals surface area contributed by atoms with Crippen molar-refractivity contribution in [1.82, 2.24) is 0 Å². The first-order chi connectivity index (χ1) is 14.5. The SMILES string of the molecule is Cc1cccc([N+](=O)[O-])c1NC(=O)COC(=O)c1ccccc1Cc1ccccc1. The Labute approximate surface area is 173 Å². The fraction of sp³-hybridized carbons (Fsp3) is 0.130. The summed E-state index contributed by atoms with van der Waals surface area (Å²) in [4.78, 5) is 35.4. The minimum absolute atomic E-state index is 0.0908. The third kappa shape index (κ3) is 5.08. The number of aryl methyl sites for hydroxylation is 1. The monoisotopic (exact) mass is 404 g/mol. The van der Waals surface area contributed by atoms with Crippen LogP contribution >= 0.6 is 0 Å². The van der Waals surface area contributed by atoms with Gasteiger partial charge in [0.2, 0.25) is 0 Å². The van der Waals surface area contributed by atoms with Crippen molar-refractivity contribution in [2.45, 2.75) is 13.3 Å². The molecule has 3 aromatic rings. The second-order valence-electron chi connectivity index (χ2n) is 6.67. The van der Waals surface area contributed by atoms with Crippen molar-refractivity contribution in [3.63, 3.8) is 0 Å². The van der Waals surface area contributed by atoms with Gasteiger partial charge in [-0.1, -0.05) is 60.7 Å². The van der Waals surface area contributed by atoms with Crippen molar-refractivity contribution >= 4 is 23.3 Å². The van der Waals surface area contributed by atoms with E-state index in [4.69, 9.17) is 4.74 Å². The van der Waals surface area contributed by atoms with Gasteiger partial charge in [0, 0.05) is 6.07 Å². The zero-order valence-electron chi connectivity index (χ0n) is 16.3. The van der Waals surface area contributed by atoms with Gasteiger partial charge in [0.15, 0.2) is 6.61 Å². The van der Waals surface area contributed by atoms with Crippen LogP contribution in [0.4, 0.5) is 11.4 Å². The van der Waals surface area contributed by atoms with Crippen LogP contribution in [0.15, 0.2) is 72.8 Å². The number of anilines is 1. The van der Waals surface area contributed by atoms with Crippen molar-refractivity contribution in [1.29, 1.82) is 0 Å². The number of amides is 1. The van der Waals surface area contributed by atoms with Crippen LogP contribution in [-0.2, 0) is 16.0 Å². The van der Waals surface area contributed by atoms with Crippen molar-refractivity contribution in [2.24, 2.45) is 0 Å². The molecule has 0 aliphatic rings. The highest BCUT2D eigenvalue weighted by molar-refractivity contribution is 5.97. The second-order valence-corrected chi connectivity index (χ2v) is 6.67. The molecule has 1 amide bonds. The Bertz CT molecular complexity index is 1080. The molecule has 0 bridgehead atoms.